The second-order valence-corrected chi connectivity index (χ2v) is 8.09. The summed E-state index contributed by atoms with van der Waals surface area (Å²) in [7, 11) is -0.766. The highest BCUT2D eigenvalue weighted by Gasteiger charge is 2.17. The Labute approximate surface area is 175 Å². The van der Waals surface area contributed by atoms with Gasteiger partial charge in [0.15, 0.2) is 0 Å². The molecular weight excluding hydrogens is 404 g/mol. The number of carbonyl (C=O) groups is 1. The van der Waals surface area contributed by atoms with Crippen LogP contribution in [0.1, 0.15) is 15.9 Å². The molecule has 0 aliphatic carbocycles. The smallest absolute Gasteiger partial charge is 0.261 e. The van der Waals surface area contributed by atoms with Gasteiger partial charge in [-0.15, -0.1) is 0 Å². The van der Waals surface area contributed by atoms with Crippen molar-refractivity contribution in [3.05, 3.63) is 83.9 Å². The Morgan fingerprint density at radius 3 is 2.37 bits per heavy atom. The van der Waals surface area contributed by atoms with Crippen molar-refractivity contribution in [2.24, 2.45) is 0 Å². The van der Waals surface area contributed by atoms with Crippen molar-refractivity contribution in [1.82, 2.24) is 0 Å². The molecule has 3 rings (SSSR count). The summed E-state index contributed by atoms with van der Waals surface area (Å²) in [5.41, 5.74) is 2.03. The number of hydrogen-bond acceptors (Lipinski definition) is 5. The maximum Gasteiger partial charge on any atom is 0.261 e. The number of sulfonamides is 1. The van der Waals surface area contributed by atoms with E-state index in [1.165, 1.54) is 25.3 Å². The number of rotatable bonds is 8. The van der Waals surface area contributed by atoms with Crippen LogP contribution in [0.15, 0.2) is 77.7 Å². The minimum Gasteiger partial charge on any atom is -0.497 e. The lowest BCUT2D eigenvalue weighted by molar-refractivity contribution is 0.102. The first kappa shape index (κ1) is 21.4. The third-order valence-electron chi connectivity index (χ3n) is 4.31. The molecule has 0 unspecified atom stereocenters. The first-order valence-electron chi connectivity index (χ1n) is 9.08. The quantitative estimate of drug-likeness (QED) is 0.570. The zero-order valence-electron chi connectivity index (χ0n) is 16.6. The molecule has 8 heteroatoms. The number of benzene rings is 3. The number of nitrogens with one attached hydrogen (secondary N) is 2. The van der Waals surface area contributed by atoms with Gasteiger partial charge < -0.3 is 14.8 Å². The summed E-state index contributed by atoms with van der Waals surface area (Å²) in [4.78, 5) is 12.7. The van der Waals surface area contributed by atoms with Crippen LogP contribution in [0.3, 0.4) is 0 Å². The molecule has 30 heavy (non-hydrogen) atoms. The lowest BCUT2D eigenvalue weighted by atomic mass is 10.1. The van der Waals surface area contributed by atoms with E-state index in [0.717, 1.165) is 5.56 Å². The van der Waals surface area contributed by atoms with E-state index >= 15 is 0 Å². The molecular formula is C22H22N2O5S. The lowest BCUT2D eigenvalue weighted by Gasteiger charge is -2.12. The van der Waals surface area contributed by atoms with Crippen molar-refractivity contribution in [2.75, 3.05) is 24.3 Å². The molecule has 3 aromatic carbocycles. The van der Waals surface area contributed by atoms with Crippen LogP contribution < -0.4 is 14.8 Å². The molecule has 0 spiro atoms. The van der Waals surface area contributed by atoms with E-state index < -0.39 is 15.9 Å². The molecule has 0 saturated heterocycles. The Morgan fingerprint density at radius 2 is 1.67 bits per heavy atom. The molecule has 0 atom stereocenters. The van der Waals surface area contributed by atoms with Gasteiger partial charge in [0.1, 0.15) is 5.75 Å². The van der Waals surface area contributed by atoms with Gasteiger partial charge in [0, 0.05) is 29.6 Å². The Bertz CT molecular complexity index is 1130. The van der Waals surface area contributed by atoms with Gasteiger partial charge in [-0.25, -0.2) is 8.42 Å². The van der Waals surface area contributed by atoms with E-state index in [-0.39, 0.29) is 10.5 Å². The van der Waals surface area contributed by atoms with Crippen LogP contribution in [0.5, 0.6) is 5.75 Å². The monoisotopic (exact) mass is 426 g/mol. The van der Waals surface area contributed by atoms with E-state index in [1.807, 2.05) is 12.1 Å². The Kier molecular flexibility index (Phi) is 6.71. The second-order valence-electron chi connectivity index (χ2n) is 6.41. The first-order chi connectivity index (χ1) is 14.4. The highest BCUT2D eigenvalue weighted by atomic mass is 32.2. The maximum atomic E-state index is 12.7. The Morgan fingerprint density at radius 1 is 0.933 bits per heavy atom. The standard InChI is InChI=1S/C22H22N2O5S/c1-28-15-17-6-3-4-9-21(17)23-22(25)16-7-5-8-20(14-16)30(26,27)24-18-10-12-19(29-2)13-11-18/h3-14,24H,15H2,1-2H3,(H,23,25). The molecule has 0 radical (unpaired) electrons. The number of amides is 1. The number of para-hydroxylation sites is 1. The van der Waals surface area contributed by atoms with Crippen molar-refractivity contribution in [3.8, 4) is 5.75 Å². The third kappa shape index (κ3) is 5.16. The summed E-state index contributed by atoms with van der Waals surface area (Å²) < 4.78 is 38.2. The van der Waals surface area contributed by atoms with Crippen LogP contribution in [-0.2, 0) is 21.4 Å². The average Bonchev–Trinajstić information content (AvgIpc) is 2.75. The van der Waals surface area contributed by atoms with Crippen LogP contribution in [-0.4, -0.2) is 28.5 Å². The number of hydrogen-bond donors (Lipinski definition) is 2. The van der Waals surface area contributed by atoms with Crippen LogP contribution in [0.4, 0.5) is 11.4 Å². The molecule has 2 N–H and O–H groups in total. The number of ether oxygens (including phenoxy) is 2. The van der Waals surface area contributed by atoms with E-state index in [9.17, 15) is 13.2 Å². The molecule has 0 aromatic heterocycles. The first-order valence-corrected chi connectivity index (χ1v) is 10.6. The minimum atomic E-state index is -3.87. The fraction of sp³-hybridized carbons (Fsp3) is 0.136. The third-order valence-corrected chi connectivity index (χ3v) is 5.69. The fourth-order valence-electron chi connectivity index (χ4n) is 2.80. The van der Waals surface area contributed by atoms with Gasteiger partial charge >= 0.3 is 0 Å². The predicted molar refractivity (Wildman–Crippen MR) is 115 cm³/mol. The lowest BCUT2D eigenvalue weighted by Crippen LogP contribution is -2.16. The topological polar surface area (TPSA) is 93.7 Å². The zero-order valence-corrected chi connectivity index (χ0v) is 17.4. The Hall–Kier alpha value is -3.36. The summed E-state index contributed by atoms with van der Waals surface area (Å²) >= 11 is 0. The van der Waals surface area contributed by atoms with Crippen molar-refractivity contribution in [2.45, 2.75) is 11.5 Å². The largest absolute Gasteiger partial charge is 0.497 e. The summed E-state index contributed by atoms with van der Waals surface area (Å²) in [6.07, 6.45) is 0. The van der Waals surface area contributed by atoms with Gasteiger partial charge in [-0.3, -0.25) is 9.52 Å². The number of carbonyl (C=O) groups excluding carboxylic acids is 1. The molecule has 0 heterocycles. The molecule has 1 amide bonds. The van der Waals surface area contributed by atoms with E-state index in [1.54, 1.807) is 49.6 Å². The number of anilines is 2. The summed E-state index contributed by atoms with van der Waals surface area (Å²) in [5, 5.41) is 2.80. The van der Waals surface area contributed by atoms with Crippen LogP contribution in [0.25, 0.3) is 0 Å². The van der Waals surface area contributed by atoms with Gasteiger partial charge in [0.05, 0.1) is 18.6 Å². The molecule has 3 aromatic rings. The minimum absolute atomic E-state index is 0.0175. The molecule has 0 fully saturated rings. The Balaban J connectivity index is 1.80. The van der Waals surface area contributed by atoms with Crippen molar-refractivity contribution in [3.63, 3.8) is 0 Å². The van der Waals surface area contributed by atoms with Crippen molar-refractivity contribution in [1.29, 1.82) is 0 Å². The molecule has 0 aliphatic rings. The fourth-order valence-corrected chi connectivity index (χ4v) is 3.90. The van der Waals surface area contributed by atoms with Gasteiger partial charge in [0.2, 0.25) is 0 Å². The molecule has 0 aliphatic heterocycles. The molecule has 0 bridgehead atoms. The van der Waals surface area contributed by atoms with Gasteiger partial charge in [-0.1, -0.05) is 24.3 Å². The predicted octanol–water partition coefficient (Wildman–Crippen LogP) is 3.89. The van der Waals surface area contributed by atoms with Crippen molar-refractivity contribution < 1.29 is 22.7 Å². The van der Waals surface area contributed by atoms with Gasteiger partial charge in [-0.05, 0) is 48.5 Å². The van der Waals surface area contributed by atoms with Gasteiger partial charge in [-0.2, -0.15) is 0 Å². The SMILES string of the molecule is COCc1ccccc1NC(=O)c1cccc(S(=O)(=O)Nc2ccc(OC)cc2)c1. The van der Waals surface area contributed by atoms with Crippen LogP contribution >= 0.6 is 0 Å². The average molecular weight is 426 g/mol. The van der Waals surface area contributed by atoms with Gasteiger partial charge in [0.25, 0.3) is 15.9 Å². The molecule has 156 valence electrons. The van der Waals surface area contributed by atoms with Crippen LogP contribution in [0, 0.1) is 0 Å². The van der Waals surface area contributed by atoms with E-state index in [4.69, 9.17) is 9.47 Å². The van der Waals surface area contributed by atoms with E-state index in [0.29, 0.717) is 23.7 Å². The molecule has 0 saturated carbocycles. The second kappa shape index (κ2) is 9.43. The van der Waals surface area contributed by atoms with Crippen molar-refractivity contribution >= 4 is 27.3 Å². The zero-order chi connectivity index (χ0) is 21.6. The summed E-state index contributed by atoms with van der Waals surface area (Å²) in [6, 6.07) is 19.6. The summed E-state index contributed by atoms with van der Waals surface area (Å²) in [6.45, 7) is 0.344. The maximum absolute atomic E-state index is 12.7. The van der Waals surface area contributed by atoms with E-state index in [2.05, 4.69) is 10.0 Å². The van der Waals surface area contributed by atoms with Crippen LogP contribution in [0.2, 0.25) is 0 Å². The normalized spacial score (nSPS) is 11.0. The highest BCUT2D eigenvalue weighted by molar-refractivity contribution is 7.92. The highest BCUT2D eigenvalue weighted by Crippen LogP contribution is 2.21. The summed E-state index contributed by atoms with van der Waals surface area (Å²) in [5.74, 6) is 0.199. The number of methoxy groups -OCH3 is 2. The molecule has 7 nitrogen and oxygen atoms in total.